The van der Waals surface area contributed by atoms with Crippen LogP contribution in [-0.2, 0) is 0 Å². The molecule has 1 fully saturated rings. The van der Waals surface area contributed by atoms with Crippen molar-refractivity contribution in [2.24, 2.45) is 0 Å². The van der Waals surface area contributed by atoms with E-state index in [4.69, 9.17) is 0 Å². The van der Waals surface area contributed by atoms with Crippen molar-refractivity contribution in [1.29, 1.82) is 0 Å². The van der Waals surface area contributed by atoms with E-state index < -0.39 is 0 Å². The summed E-state index contributed by atoms with van der Waals surface area (Å²) in [4.78, 5) is 0. The van der Waals surface area contributed by atoms with Gasteiger partial charge in [0.25, 0.3) is 0 Å². The zero-order valence-electron chi connectivity index (χ0n) is 10.6. The highest BCUT2D eigenvalue weighted by molar-refractivity contribution is 5.09. The van der Waals surface area contributed by atoms with Crippen LogP contribution in [0.15, 0.2) is 24.9 Å². The Morgan fingerprint density at radius 3 is 2.60 bits per heavy atom. The molecule has 2 heteroatoms. The quantitative estimate of drug-likeness (QED) is 0.655. The zero-order chi connectivity index (χ0) is 11.6. The second-order valence-corrected chi connectivity index (χ2v) is 5.00. The first-order valence-electron chi connectivity index (χ1n) is 5.78. The smallest absolute Gasteiger partial charge is 0.0503 e. The molecule has 15 heavy (non-hydrogen) atoms. The van der Waals surface area contributed by atoms with Gasteiger partial charge in [-0.25, -0.2) is 5.01 Å². The van der Waals surface area contributed by atoms with E-state index in [0.29, 0.717) is 6.04 Å². The molecule has 86 valence electrons. The van der Waals surface area contributed by atoms with Gasteiger partial charge in [0.05, 0.1) is 6.04 Å². The van der Waals surface area contributed by atoms with Gasteiger partial charge in [-0.1, -0.05) is 18.7 Å². The molecule has 1 heterocycles. The van der Waals surface area contributed by atoms with Gasteiger partial charge in [-0.15, -0.1) is 0 Å². The molecule has 1 aliphatic heterocycles. The Morgan fingerprint density at radius 2 is 2.20 bits per heavy atom. The molecule has 1 aliphatic rings. The van der Waals surface area contributed by atoms with Gasteiger partial charge in [0.15, 0.2) is 0 Å². The van der Waals surface area contributed by atoms with Crippen molar-refractivity contribution >= 4 is 0 Å². The summed E-state index contributed by atoms with van der Waals surface area (Å²) in [6.45, 7) is 17.8. The van der Waals surface area contributed by atoms with Crippen molar-refractivity contribution in [2.75, 3.05) is 6.54 Å². The molecule has 2 nitrogen and oxygen atoms in total. The Bertz CT molecular complexity index is 255. The van der Waals surface area contributed by atoms with Crippen LogP contribution < -0.4 is 0 Å². The van der Waals surface area contributed by atoms with Gasteiger partial charge in [0.1, 0.15) is 0 Å². The predicted molar refractivity (Wildman–Crippen MR) is 66.3 cm³/mol. The van der Waals surface area contributed by atoms with Crippen LogP contribution in [0.1, 0.15) is 40.5 Å². The molecule has 0 saturated carbocycles. The van der Waals surface area contributed by atoms with Gasteiger partial charge in [-0.05, 0) is 40.5 Å². The van der Waals surface area contributed by atoms with Gasteiger partial charge >= 0.3 is 0 Å². The molecule has 1 saturated heterocycles. The minimum atomic E-state index is 0.216. The number of rotatable bonds is 4. The Balaban J connectivity index is 2.95. The maximum absolute atomic E-state index is 4.10. The highest BCUT2D eigenvalue weighted by Crippen LogP contribution is 2.37. The van der Waals surface area contributed by atoms with Gasteiger partial charge in [0, 0.05) is 18.3 Å². The van der Waals surface area contributed by atoms with Crippen molar-refractivity contribution in [1.82, 2.24) is 10.0 Å². The largest absolute Gasteiger partial charge is 0.313 e. The molecule has 0 amide bonds. The van der Waals surface area contributed by atoms with Crippen LogP contribution in [0.4, 0.5) is 0 Å². The fourth-order valence-corrected chi connectivity index (χ4v) is 2.50. The van der Waals surface area contributed by atoms with Gasteiger partial charge in [0.2, 0.25) is 0 Å². The highest BCUT2D eigenvalue weighted by atomic mass is 15.7. The molecule has 1 rings (SSSR count). The number of hydrogen-bond donors (Lipinski definition) is 0. The maximum Gasteiger partial charge on any atom is 0.0503 e. The summed E-state index contributed by atoms with van der Waals surface area (Å²) in [5.41, 5.74) is 1.47. The van der Waals surface area contributed by atoms with Crippen molar-refractivity contribution in [2.45, 2.75) is 52.1 Å². The molecule has 0 bridgehead atoms. The molecule has 0 unspecified atom stereocenters. The monoisotopic (exact) mass is 208 g/mol. The molecule has 0 radical (unpaired) electrons. The summed E-state index contributed by atoms with van der Waals surface area (Å²) >= 11 is 0. The summed E-state index contributed by atoms with van der Waals surface area (Å²) < 4.78 is 0. The van der Waals surface area contributed by atoms with Crippen molar-refractivity contribution in [3.05, 3.63) is 24.9 Å². The lowest BCUT2D eigenvalue weighted by molar-refractivity contribution is -0.0502. The Hall–Kier alpha value is -0.760. The van der Waals surface area contributed by atoms with Crippen LogP contribution in [0.25, 0.3) is 0 Å². The van der Waals surface area contributed by atoms with Gasteiger partial charge < -0.3 is 5.01 Å². The molecule has 0 aromatic heterocycles. The standard InChI is InChI=1S/C13H24N2/c1-7-14(8-2)15-12(11(3)4)9-10-13(15,5)6/h7,12H,1,3,8-10H2,2,4-6H3/t12-/m1/s1. The van der Waals surface area contributed by atoms with Gasteiger partial charge in [-0.3, -0.25) is 0 Å². The molecular formula is C13H24N2. The van der Waals surface area contributed by atoms with E-state index in [2.05, 4.69) is 50.9 Å². The number of nitrogens with zero attached hydrogens (tertiary/aromatic N) is 2. The lowest BCUT2D eigenvalue weighted by Gasteiger charge is -2.43. The molecule has 1 atom stereocenters. The maximum atomic E-state index is 4.10. The van der Waals surface area contributed by atoms with E-state index in [9.17, 15) is 0 Å². The first-order chi connectivity index (χ1) is 6.94. The average Bonchev–Trinajstić information content (AvgIpc) is 2.45. The minimum absolute atomic E-state index is 0.216. The van der Waals surface area contributed by atoms with Crippen LogP contribution in [-0.4, -0.2) is 28.1 Å². The lowest BCUT2D eigenvalue weighted by Crippen LogP contribution is -2.52. The third-order valence-electron chi connectivity index (χ3n) is 3.33. The van der Waals surface area contributed by atoms with Crippen LogP contribution in [0.5, 0.6) is 0 Å². The summed E-state index contributed by atoms with van der Waals surface area (Å²) in [6.07, 6.45) is 4.34. The minimum Gasteiger partial charge on any atom is -0.313 e. The summed E-state index contributed by atoms with van der Waals surface area (Å²) in [5, 5.41) is 4.65. The third-order valence-corrected chi connectivity index (χ3v) is 3.33. The van der Waals surface area contributed by atoms with E-state index in [-0.39, 0.29) is 5.54 Å². The summed E-state index contributed by atoms with van der Waals surface area (Å²) in [5.74, 6) is 0. The van der Waals surface area contributed by atoms with Crippen molar-refractivity contribution < 1.29 is 0 Å². The Labute approximate surface area is 94.2 Å². The fourth-order valence-electron chi connectivity index (χ4n) is 2.50. The molecule has 0 aromatic rings. The summed E-state index contributed by atoms with van der Waals surface area (Å²) in [7, 11) is 0. The van der Waals surface area contributed by atoms with E-state index in [1.807, 2.05) is 6.20 Å². The first kappa shape index (κ1) is 12.3. The summed E-state index contributed by atoms with van der Waals surface area (Å²) in [6, 6.07) is 0.470. The number of hydrogen-bond acceptors (Lipinski definition) is 2. The van der Waals surface area contributed by atoms with Crippen LogP contribution in [0, 0.1) is 0 Å². The number of hydrazine groups is 1. The van der Waals surface area contributed by atoms with Crippen molar-refractivity contribution in [3.63, 3.8) is 0 Å². The zero-order valence-corrected chi connectivity index (χ0v) is 10.6. The first-order valence-corrected chi connectivity index (χ1v) is 5.78. The van der Waals surface area contributed by atoms with Gasteiger partial charge in [-0.2, -0.15) is 0 Å². The normalized spacial score (nSPS) is 25.2. The predicted octanol–water partition coefficient (Wildman–Crippen LogP) is 3.19. The highest BCUT2D eigenvalue weighted by Gasteiger charge is 2.41. The average molecular weight is 208 g/mol. The molecule has 0 aromatic carbocycles. The molecular weight excluding hydrogens is 184 g/mol. The fraction of sp³-hybridized carbons (Fsp3) is 0.692. The van der Waals surface area contributed by atoms with Crippen LogP contribution >= 0.6 is 0 Å². The second-order valence-electron chi connectivity index (χ2n) is 5.00. The Kier molecular flexibility index (Phi) is 3.61. The molecule has 0 spiro atoms. The third kappa shape index (κ3) is 2.25. The molecule has 0 aliphatic carbocycles. The van der Waals surface area contributed by atoms with E-state index in [1.54, 1.807) is 0 Å². The lowest BCUT2D eigenvalue weighted by atomic mass is 10.0. The SMILES string of the molecule is C=CN(CC)N1[C@@H](C(=C)C)CCC1(C)C. The van der Waals surface area contributed by atoms with E-state index in [0.717, 1.165) is 6.54 Å². The van der Waals surface area contributed by atoms with E-state index in [1.165, 1.54) is 18.4 Å². The topological polar surface area (TPSA) is 6.48 Å². The van der Waals surface area contributed by atoms with Crippen LogP contribution in [0.2, 0.25) is 0 Å². The van der Waals surface area contributed by atoms with Crippen LogP contribution in [0.3, 0.4) is 0 Å². The second kappa shape index (κ2) is 4.40. The van der Waals surface area contributed by atoms with Crippen molar-refractivity contribution in [3.8, 4) is 0 Å². The Morgan fingerprint density at radius 1 is 1.60 bits per heavy atom. The molecule has 0 N–H and O–H groups in total. The van der Waals surface area contributed by atoms with E-state index >= 15 is 0 Å².